The number of anilines is 1. The van der Waals surface area contributed by atoms with Crippen molar-refractivity contribution in [3.8, 4) is 5.75 Å². The highest BCUT2D eigenvalue weighted by atomic mass is 35.5. The molecule has 204 valence electrons. The van der Waals surface area contributed by atoms with E-state index in [2.05, 4.69) is 5.32 Å². The highest BCUT2D eigenvalue weighted by molar-refractivity contribution is 7.92. The van der Waals surface area contributed by atoms with Crippen LogP contribution in [0.5, 0.6) is 5.75 Å². The zero-order valence-electron chi connectivity index (χ0n) is 22.0. The van der Waals surface area contributed by atoms with E-state index in [9.17, 15) is 18.0 Å². The van der Waals surface area contributed by atoms with Crippen molar-refractivity contribution in [2.45, 2.75) is 59.2 Å². The Hall–Kier alpha value is -2.49. The van der Waals surface area contributed by atoms with Crippen LogP contribution in [0, 0.1) is 0 Å². The summed E-state index contributed by atoms with van der Waals surface area (Å²) >= 11 is 12.8. The monoisotopic (exact) mass is 571 g/mol. The molecule has 0 radical (unpaired) electrons. The van der Waals surface area contributed by atoms with Crippen LogP contribution in [0.25, 0.3) is 0 Å². The van der Waals surface area contributed by atoms with Gasteiger partial charge in [-0.25, -0.2) is 8.42 Å². The predicted molar refractivity (Wildman–Crippen MR) is 149 cm³/mol. The summed E-state index contributed by atoms with van der Waals surface area (Å²) in [6.07, 6.45) is 1.30. The molecule has 1 N–H and O–H groups in total. The molecular weight excluding hydrogens is 537 g/mol. The number of carbonyl (C=O) groups is 2. The number of rotatable bonds is 11. The third-order valence-electron chi connectivity index (χ3n) is 5.39. The first-order valence-corrected chi connectivity index (χ1v) is 14.5. The van der Waals surface area contributed by atoms with Gasteiger partial charge in [-0.1, -0.05) is 48.3 Å². The van der Waals surface area contributed by atoms with E-state index in [1.165, 1.54) is 4.90 Å². The molecule has 2 aromatic carbocycles. The first kappa shape index (κ1) is 30.7. The van der Waals surface area contributed by atoms with Crippen molar-refractivity contribution >= 4 is 50.7 Å². The molecule has 0 heterocycles. The summed E-state index contributed by atoms with van der Waals surface area (Å²) < 4.78 is 32.3. The Morgan fingerprint density at radius 3 is 2.14 bits per heavy atom. The minimum Gasteiger partial charge on any atom is -0.492 e. The summed E-state index contributed by atoms with van der Waals surface area (Å²) in [5.41, 5.74) is 0.140. The zero-order valence-corrected chi connectivity index (χ0v) is 24.4. The maximum absolute atomic E-state index is 13.9. The van der Waals surface area contributed by atoms with Gasteiger partial charge in [0.2, 0.25) is 21.8 Å². The lowest BCUT2D eigenvalue weighted by atomic mass is 10.1. The van der Waals surface area contributed by atoms with Crippen LogP contribution in [0.3, 0.4) is 0 Å². The van der Waals surface area contributed by atoms with Gasteiger partial charge in [0.15, 0.2) is 0 Å². The van der Waals surface area contributed by atoms with Crippen LogP contribution in [-0.4, -0.2) is 56.1 Å². The lowest BCUT2D eigenvalue weighted by Gasteiger charge is -2.35. The lowest BCUT2D eigenvalue weighted by Crippen LogP contribution is -2.55. The fourth-order valence-corrected chi connectivity index (χ4v) is 5.13. The second-order valence-corrected chi connectivity index (χ2v) is 12.3. The van der Waals surface area contributed by atoms with E-state index in [1.54, 1.807) is 56.3 Å². The minimum absolute atomic E-state index is 0.0852. The fourth-order valence-electron chi connectivity index (χ4n) is 3.76. The summed E-state index contributed by atoms with van der Waals surface area (Å²) in [6.45, 7) is 8.74. The van der Waals surface area contributed by atoms with Gasteiger partial charge in [0.1, 0.15) is 18.3 Å². The number of sulfonamides is 1. The highest BCUT2D eigenvalue weighted by Gasteiger charge is 2.34. The van der Waals surface area contributed by atoms with Gasteiger partial charge in [-0.05, 0) is 58.4 Å². The smallest absolute Gasteiger partial charge is 0.244 e. The number of hydrogen-bond donors (Lipinski definition) is 1. The third kappa shape index (κ3) is 8.51. The second kappa shape index (κ2) is 12.8. The van der Waals surface area contributed by atoms with E-state index in [-0.39, 0.29) is 24.6 Å². The average molecular weight is 573 g/mol. The molecule has 2 aromatic rings. The van der Waals surface area contributed by atoms with Crippen molar-refractivity contribution in [3.63, 3.8) is 0 Å². The van der Waals surface area contributed by atoms with Gasteiger partial charge >= 0.3 is 0 Å². The summed E-state index contributed by atoms with van der Waals surface area (Å²) in [7, 11) is -3.90. The molecule has 0 fully saturated rings. The van der Waals surface area contributed by atoms with Crippen LogP contribution in [-0.2, 0) is 26.2 Å². The Balaban J connectivity index is 2.56. The van der Waals surface area contributed by atoms with Crippen LogP contribution in [0.1, 0.15) is 46.6 Å². The number of benzene rings is 2. The van der Waals surface area contributed by atoms with Crippen LogP contribution in [0.4, 0.5) is 5.69 Å². The van der Waals surface area contributed by atoms with Crippen LogP contribution in [0.15, 0.2) is 42.5 Å². The normalized spacial score (nSPS) is 12.5. The van der Waals surface area contributed by atoms with Crippen molar-refractivity contribution < 1.29 is 22.7 Å². The molecule has 0 aliphatic heterocycles. The van der Waals surface area contributed by atoms with Crippen molar-refractivity contribution in [1.29, 1.82) is 0 Å². The fraction of sp³-hybridized carbons (Fsp3) is 0.462. The number of carbonyl (C=O) groups excluding carboxylic acids is 2. The van der Waals surface area contributed by atoms with Crippen LogP contribution < -0.4 is 14.4 Å². The molecule has 8 nitrogen and oxygen atoms in total. The lowest BCUT2D eigenvalue weighted by molar-refractivity contribution is -0.141. The number of nitrogens with zero attached hydrogens (tertiary/aromatic N) is 2. The number of para-hydroxylation sites is 2. The van der Waals surface area contributed by atoms with Gasteiger partial charge in [-0.2, -0.15) is 0 Å². The van der Waals surface area contributed by atoms with Gasteiger partial charge in [0, 0.05) is 27.7 Å². The molecular formula is C26H35Cl2N3O5S. The number of hydrogen-bond acceptors (Lipinski definition) is 5. The van der Waals surface area contributed by atoms with Crippen molar-refractivity contribution in [2.75, 3.05) is 23.7 Å². The Kier molecular flexibility index (Phi) is 10.7. The molecule has 0 aliphatic rings. The number of halogens is 2. The van der Waals surface area contributed by atoms with Crippen molar-refractivity contribution in [1.82, 2.24) is 10.2 Å². The molecule has 11 heteroatoms. The number of amides is 2. The van der Waals surface area contributed by atoms with Crippen molar-refractivity contribution in [2.24, 2.45) is 0 Å². The van der Waals surface area contributed by atoms with Gasteiger partial charge in [-0.3, -0.25) is 13.9 Å². The SMILES string of the molecule is CCOc1ccccc1N(CC(=O)N(Cc1c(Cl)cccc1Cl)[C@H](CC)C(=O)NC(C)(C)C)S(C)(=O)=O. The molecule has 0 spiro atoms. The Labute approximate surface area is 229 Å². The second-order valence-electron chi connectivity index (χ2n) is 9.56. The molecule has 37 heavy (non-hydrogen) atoms. The van der Waals surface area contributed by atoms with Crippen LogP contribution in [0.2, 0.25) is 10.0 Å². The van der Waals surface area contributed by atoms with Gasteiger partial charge in [0.25, 0.3) is 0 Å². The molecule has 2 rings (SSSR count). The average Bonchev–Trinajstić information content (AvgIpc) is 2.78. The molecule has 0 bridgehead atoms. The molecule has 0 aromatic heterocycles. The third-order valence-corrected chi connectivity index (χ3v) is 7.22. The first-order valence-electron chi connectivity index (χ1n) is 11.9. The topological polar surface area (TPSA) is 96.0 Å². The van der Waals surface area contributed by atoms with Crippen molar-refractivity contribution in [3.05, 3.63) is 58.1 Å². The maximum Gasteiger partial charge on any atom is 0.244 e. The molecule has 1 atom stereocenters. The Morgan fingerprint density at radius 2 is 1.62 bits per heavy atom. The molecule has 0 saturated heterocycles. The quantitative estimate of drug-likeness (QED) is 0.414. The minimum atomic E-state index is -3.90. The summed E-state index contributed by atoms with van der Waals surface area (Å²) in [4.78, 5) is 28.4. The van der Waals surface area contributed by atoms with E-state index in [0.717, 1.165) is 10.6 Å². The molecule has 2 amide bonds. The molecule has 0 aliphatic carbocycles. The largest absolute Gasteiger partial charge is 0.492 e. The highest BCUT2D eigenvalue weighted by Crippen LogP contribution is 2.31. The molecule has 0 unspecified atom stereocenters. The predicted octanol–water partition coefficient (Wildman–Crippen LogP) is 4.88. The molecule has 0 saturated carbocycles. The van der Waals surface area contributed by atoms with Crippen LogP contribution >= 0.6 is 23.2 Å². The number of nitrogens with one attached hydrogen (secondary N) is 1. The van der Waals surface area contributed by atoms with E-state index in [1.807, 2.05) is 20.8 Å². The van der Waals surface area contributed by atoms with E-state index in [4.69, 9.17) is 27.9 Å². The Morgan fingerprint density at radius 1 is 1.03 bits per heavy atom. The Bertz CT molecular complexity index is 1190. The van der Waals surface area contributed by atoms with E-state index >= 15 is 0 Å². The van der Waals surface area contributed by atoms with Gasteiger partial charge in [-0.15, -0.1) is 0 Å². The summed E-state index contributed by atoms with van der Waals surface area (Å²) in [5.74, 6) is -0.641. The van der Waals surface area contributed by atoms with Gasteiger partial charge < -0.3 is 15.0 Å². The maximum atomic E-state index is 13.9. The summed E-state index contributed by atoms with van der Waals surface area (Å²) in [6, 6.07) is 10.6. The first-order chi connectivity index (χ1) is 17.2. The zero-order chi connectivity index (χ0) is 28.0. The number of ether oxygens (including phenoxy) is 1. The van der Waals surface area contributed by atoms with E-state index < -0.39 is 34.1 Å². The van der Waals surface area contributed by atoms with E-state index in [0.29, 0.717) is 28.0 Å². The summed E-state index contributed by atoms with van der Waals surface area (Å²) in [5, 5.41) is 3.57. The standard InChI is InChI=1S/C26H35Cl2N3O5S/c1-7-21(25(33)29-26(3,4)5)30(16-18-19(27)12-11-13-20(18)28)24(32)17-31(37(6,34)35)22-14-9-10-15-23(22)36-8-2/h9-15,21H,7-8,16-17H2,1-6H3,(H,29,33)/t21-/m1/s1. The van der Waals surface area contributed by atoms with Gasteiger partial charge in [0.05, 0.1) is 18.6 Å².